The molecule has 0 aromatic carbocycles. The third kappa shape index (κ3) is 2.96. The Morgan fingerprint density at radius 1 is 0.727 bits per heavy atom. The molecule has 0 N–H and O–H groups in total. The number of hydrogen-bond acceptors (Lipinski definition) is 0. The van der Waals surface area contributed by atoms with Gasteiger partial charge in [-0.3, -0.25) is 0 Å². The molecule has 0 nitrogen and oxygen atoms in total. The molecule has 0 aliphatic carbocycles. The normalized spacial score (nSPS) is 19.6. The van der Waals surface area contributed by atoms with Crippen molar-refractivity contribution >= 4 is 32.5 Å². The van der Waals surface area contributed by atoms with Gasteiger partial charge in [0.25, 0.3) is 0 Å². The molecule has 0 saturated heterocycles. The van der Waals surface area contributed by atoms with Gasteiger partial charge in [-0.2, -0.15) is 0 Å². The van der Waals surface area contributed by atoms with Crippen LogP contribution in [-0.4, -0.2) is 40.0 Å². The molecule has 0 rings (SSSR count). The van der Waals surface area contributed by atoms with Crippen molar-refractivity contribution in [1.82, 2.24) is 0 Å². The van der Waals surface area contributed by atoms with Crippen LogP contribution in [0, 0.1) is 0 Å². The Labute approximate surface area is 82.0 Å². The maximum atomic E-state index is 6.47. The second kappa shape index (κ2) is 3.59. The van der Waals surface area contributed by atoms with Crippen LogP contribution in [0.25, 0.3) is 0 Å². The molecule has 0 bridgehead atoms. The predicted molar refractivity (Wildman–Crippen MR) is 63.9 cm³/mol. The second-order valence-corrected chi connectivity index (χ2v) is 34.2. The van der Waals surface area contributed by atoms with Crippen LogP contribution >= 0.6 is 32.5 Å². The summed E-state index contributed by atoms with van der Waals surface area (Å²) in [4.78, 5) is 0. The van der Waals surface area contributed by atoms with Crippen molar-refractivity contribution in [2.45, 2.75) is 0 Å². The van der Waals surface area contributed by atoms with Gasteiger partial charge in [0, 0.05) is 0 Å². The van der Waals surface area contributed by atoms with Gasteiger partial charge in [0.1, 0.15) is 0 Å². The fraction of sp³-hybridized carbons (Fsp3) is 1.00. The van der Waals surface area contributed by atoms with Crippen molar-refractivity contribution in [3.63, 3.8) is 0 Å². The molecule has 0 amide bonds. The summed E-state index contributed by atoms with van der Waals surface area (Å²) < 4.78 is 0. The average molecular weight is 284 g/mol. The van der Waals surface area contributed by atoms with Crippen LogP contribution in [0.3, 0.4) is 0 Å². The second-order valence-electron chi connectivity index (χ2n) is 4.31. The molecule has 5 heteroatoms. The first-order valence-electron chi connectivity index (χ1n) is 3.56. The van der Waals surface area contributed by atoms with Crippen LogP contribution in [0.2, 0.25) is 0 Å². The Balaban J connectivity index is 4.75. The molecular weight excluding hydrogens is 264 g/mol. The van der Waals surface area contributed by atoms with E-state index in [1.165, 1.54) is 0 Å². The van der Waals surface area contributed by atoms with Crippen molar-refractivity contribution in [1.29, 1.82) is 0 Å². The van der Waals surface area contributed by atoms with E-state index >= 15 is 0 Å². The standard InChI is InChI=1S/2C3H9P.2ClH.Ni/c2*1-4(2)3;;;/h2*1-3H3;2*1H;. The van der Waals surface area contributed by atoms with Crippen LogP contribution in [0.4, 0.5) is 0 Å². The molecule has 0 unspecified atom stereocenters. The SMILES string of the molecule is C[PH](C)(C)[Ni]([Cl])([Cl])[PH](C)(C)C. The molecule has 11 heavy (non-hydrogen) atoms. The predicted octanol–water partition coefficient (Wildman–Crippen LogP) is 3.56. The maximum absolute atomic E-state index is 6.47. The Morgan fingerprint density at radius 3 is 0.909 bits per heavy atom. The van der Waals surface area contributed by atoms with Crippen molar-refractivity contribution in [2.24, 2.45) is 0 Å². The Morgan fingerprint density at radius 2 is 0.909 bits per heavy atom. The zero-order valence-corrected chi connectivity index (χ0v) is 12.6. The van der Waals surface area contributed by atoms with E-state index in [1.807, 2.05) is 0 Å². The Bertz CT molecular complexity index is 130. The fourth-order valence-corrected chi connectivity index (χ4v) is 26.4. The Kier molecular flexibility index (Phi) is 4.22. The quantitative estimate of drug-likeness (QED) is 0.537. The molecule has 0 aliphatic heterocycles. The van der Waals surface area contributed by atoms with Crippen molar-refractivity contribution in [2.75, 3.05) is 40.0 Å². The Hall–Kier alpha value is 1.93. The summed E-state index contributed by atoms with van der Waals surface area (Å²) in [6, 6.07) is -2.67. The average Bonchev–Trinajstić information content (AvgIpc) is 1.58. The van der Waals surface area contributed by atoms with Crippen molar-refractivity contribution < 1.29 is 9.74 Å². The van der Waals surface area contributed by atoms with Crippen LogP contribution in [-0.2, 0) is 9.74 Å². The molecule has 0 radical (unpaired) electrons. The van der Waals surface area contributed by atoms with Crippen LogP contribution in [0.15, 0.2) is 0 Å². The van der Waals surface area contributed by atoms with E-state index in [2.05, 4.69) is 40.0 Å². The van der Waals surface area contributed by atoms with E-state index in [1.54, 1.807) is 0 Å². The number of rotatable bonds is 2. The molecule has 0 saturated carbocycles. The molecule has 0 spiro atoms. The summed E-state index contributed by atoms with van der Waals surface area (Å²) in [6.45, 7) is 13.6. The molecule has 0 aromatic rings. The van der Waals surface area contributed by atoms with Gasteiger partial charge in [-0.1, -0.05) is 0 Å². The van der Waals surface area contributed by atoms with Crippen LogP contribution in [0.5, 0.6) is 0 Å². The molecule has 0 aliphatic rings. The topological polar surface area (TPSA) is 0 Å². The van der Waals surface area contributed by atoms with Gasteiger partial charge in [0.05, 0.1) is 0 Å². The zero-order valence-electron chi connectivity index (χ0n) is 8.07. The first-order chi connectivity index (χ1) is 4.50. The molecular formula is C6H20Cl2NiP2. The van der Waals surface area contributed by atoms with E-state index in [4.69, 9.17) is 20.4 Å². The van der Waals surface area contributed by atoms with E-state index in [0.29, 0.717) is 0 Å². The van der Waals surface area contributed by atoms with E-state index < -0.39 is 21.8 Å². The van der Waals surface area contributed by atoms with Gasteiger partial charge in [0.15, 0.2) is 0 Å². The first kappa shape index (κ1) is 12.9. The summed E-state index contributed by atoms with van der Waals surface area (Å²) >= 11 is 0. The molecule has 0 fully saturated rings. The van der Waals surface area contributed by atoms with Gasteiger partial charge in [-0.15, -0.1) is 0 Å². The van der Waals surface area contributed by atoms with Gasteiger partial charge >= 0.3 is 82.2 Å². The van der Waals surface area contributed by atoms with E-state index in [9.17, 15) is 0 Å². The third-order valence-corrected chi connectivity index (χ3v) is 44.2. The summed E-state index contributed by atoms with van der Waals surface area (Å²) in [5.41, 5.74) is 0. The summed E-state index contributed by atoms with van der Waals surface area (Å²) in [7, 11) is 11.5. The number of hydrogen-bond donors (Lipinski definition) is 0. The van der Waals surface area contributed by atoms with Crippen LogP contribution < -0.4 is 0 Å². The minimum atomic E-state index is -1.40. The van der Waals surface area contributed by atoms with Crippen molar-refractivity contribution in [3.8, 4) is 0 Å². The van der Waals surface area contributed by atoms with Gasteiger partial charge in [-0.25, -0.2) is 0 Å². The fourth-order valence-electron chi connectivity index (χ4n) is 0.712. The van der Waals surface area contributed by atoms with Gasteiger partial charge in [0.2, 0.25) is 0 Å². The minimum absolute atomic E-state index is 1.33. The number of halogens is 2. The monoisotopic (exact) mass is 282 g/mol. The first-order valence-corrected chi connectivity index (χ1v) is 15.9. The summed E-state index contributed by atoms with van der Waals surface area (Å²) in [5, 5.41) is 0. The van der Waals surface area contributed by atoms with Crippen molar-refractivity contribution in [3.05, 3.63) is 0 Å². The summed E-state index contributed by atoms with van der Waals surface area (Å²) in [5.74, 6) is 0. The van der Waals surface area contributed by atoms with E-state index in [-0.39, 0.29) is 0 Å². The molecule has 0 aromatic heterocycles. The third-order valence-electron chi connectivity index (χ3n) is 1.19. The van der Waals surface area contributed by atoms with Crippen LogP contribution in [0.1, 0.15) is 0 Å². The molecule has 0 heterocycles. The zero-order chi connectivity index (χ0) is 9.50. The molecule has 78 valence electrons. The van der Waals surface area contributed by atoms with Gasteiger partial charge < -0.3 is 0 Å². The van der Waals surface area contributed by atoms with Gasteiger partial charge in [-0.05, 0) is 0 Å². The summed E-state index contributed by atoms with van der Waals surface area (Å²) in [6.07, 6.45) is 0. The van der Waals surface area contributed by atoms with E-state index in [0.717, 1.165) is 0 Å². The molecule has 0 atom stereocenters.